The van der Waals surface area contributed by atoms with Crippen molar-refractivity contribution in [3.8, 4) is 0 Å². The number of hydrogen-bond acceptors (Lipinski definition) is 5. The van der Waals surface area contributed by atoms with Crippen LogP contribution in [0.15, 0.2) is 29.2 Å². The Morgan fingerprint density at radius 3 is 2.42 bits per heavy atom. The molecule has 1 unspecified atom stereocenters. The van der Waals surface area contributed by atoms with Crippen LogP contribution in [0.4, 0.5) is 23.7 Å². The Labute approximate surface area is 150 Å². The summed E-state index contributed by atoms with van der Waals surface area (Å²) in [6.45, 7) is 5.64. The highest BCUT2D eigenvalue weighted by Gasteiger charge is 2.48. The van der Waals surface area contributed by atoms with E-state index in [-0.39, 0.29) is 18.3 Å². The summed E-state index contributed by atoms with van der Waals surface area (Å²) in [7, 11) is -5.46. The molecular weight excluding hydrogens is 373 g/mol. The SMILES string of the molecule is CC(C)(C)OC(=O)NC1CCN(c2ccccc2S(=O)(=O)C(F)(F)F)C1. The summed E-state index contributed by atoms with van der Waals surface area (Å²) in [5, 5.41) is 2.65. The molecule has 1 N–H and O–H groups in total. The van der Waals surface area contributed by atoms with E-state index in [0.29, 0.717) is 13.0 Å². The largest absolute Gasteiger partial charge is 0.501 e. The second-order valence-electron chi connectivity index (χ2n) is 6.99. The summed E-state index contributed by atoms with van der Waals surface area (Å²) in [4.78, 5) is 12.5. The van der Waals surface area contributed by atoms with Crippen LogP contribution in [-0.4, -0.2) is 44.8 Å². The molecule has 1 aromatic rings. The number of hydrogen-bond donors (Lipinski definition) is 1. The van der Waals surface area contributed by atoms with Crippen molar-refractivity contribution in [2.45, 2.75) is 49.2 Å². The number of para-hydroxylation sites is 1. The lowest BCUT2D eigenvalue weighted by atomic mass is 10.2. The number of carbonyl (C=O) groups is 1. The van der Waals surface area contributed by atoms with Gasteiger partial charge in [-0.2, -0.15) is 13.2 Å². The van der Waals surface area contributed by atoms with Gasteiger partial charge in [0.25, 0.3) is 9.84 Å². The smallest absolute Gasteiger partial charge is 0.444 e. The number of rotatable bonds is 3. The van der Waals surface area contributed by atoms with Gasteiger partial charge in [0.05, 0.1) is 16.6 Å². The Bertz CT molecular complexity index is 772. The van der Waals surface area contributed by atoms with Crippen LogP contribution in [-0.2, 0) is 14.6 Å². The molecule has 1 fully saturated rings. The molecule has 1 aliphatic heterocycles. The number of alkyl halides is 3. The molecule has 26 heavy (non-hydrogen) atoms. The van der Waals surface area contributed by atoms with Gasteiger partial charge in [-0.15, -0.1) is 0 Å². The van der Waals surface area contributed by atoms with Crippen molar-refractivity contribution in [3.63, 3.8) is 0 Å². The highest BCUT2D eigenvalue weighted by Crippen LogP contribution is 2.36. The highest BCUT2D eigenvalue weighted by atomic mass is 32.2. The molecule has 0 bridgehead atoms. The molecule has 0 aromatic heterocycles. The van der Waals surface area contributed by atoms with Crippen LogP contribution in [0.1, 0.15) is 27.2 Å². The zero-order valence-corrected chi connectivity index (χ0v) is 15.4. The number of nitrogens with zero attached hydrogens (tertiary/aromatic N) is 1. The predicted octanol–water partition coefficient (Wildman–Crippen LogP) is 3.08. The van der Waals surface area contributed by atoms with Crippen molar-refractivity contribution < 1.29 is 31.1 Å². The Morgan fingerprint density at radius 2 is 1.85 bits per heavy atom. The number of carbonyl (C=O) groups excluding carboxylic acids is 1. The molecular formula is C16H21F3N2O4S. The fourth-order valence-corrected chi connectivity index (χ4v) is 3.62. The monoisotopic (exact) mass is 394 g/mol. The molecule has 0 radical (unpaired) electrons. The molecule has 10 heteroatoms. The third-order valence-electron chi connectivity index (χ3n) is 3.71. The minimum atomic E-state index is -5.46. The average molecular weight is 394 g/mol. The molecule has 146 valence electrons. The summed E-state index contributed by atoms with van der Waals surface area (Å²) in [5.41, 5.74) is -6.08. The van der Waals surface area contributed by atoms with Crippen LogP contribution in [0.2, 0.25) is 0 Å². The number of halogens is 3. The molecule has 0 saturated carbocycles. The maximum Gasteiger partial charge on any atom is 0.501 e. The van der Waals surface area contributed by atoms with Gasteiger partial charge in [-0.05, 0) is 39.3 Å². The van der Waals surface area contributed by atoms with E-state index in [1.807, 2.05) is 0 Å². The number of nitrogens with one attached hydrogen (secondary N) is 1. The van der Waals surface area contributed by atoms with E-state index in [2.05, 4.69) is 5.32 Å². The maximum absolute atomic E-state index is 12.9. The Hall–Kier alpha value is -1.97. The minimum absolute atomic E-state index is 0.0293. The first-order valence-electron chi connectivity index (χ1n) is 7.96. The van der Waals surface area contributed by atoms with Crippen LogP contribution in [0.5, 0.6) is 0 Å². The standard InChI is InChI=1S/C16H21F3N2O4S/c1-15(2,3)25-14(22)20-11-8-9-21(10-11)12-6-4-5-7-13(12)26(23,24)16(17,18)19/h4-7,11H,8-10H2,1-3H3,(H,20,22). The van der Waals surface area contributed by atoms with Crippen LogP contribution in [0.3, 0.4) is 0 Å². The fraction of sp³-hybridized carbons (Fsp3) is 0.562. The maximum atomic E-state index is 12.9. The molecule has 1 saturated heterocycles. The van der Waals surface area contributed by atoms with Crippen LogP contribution in [0.25, 0.3) is 0 Å². The zero-order valence-electron chi connectivity index (χ0n) is 14.6. The lowest BCUT2D eigenvalue weighted by Gasteiger charge is -2.24. The first-order chi connectivity index (χ1) is 11.8. The van der Waals surface area contributed by atoms with Gasteiger partial charge in [-0.1, -0.05) is 12.1 Å². The van der Waals surface area contributed by atoms with Gasteiger partial charge in [-0.3, -0.25) is 0 Å². The quantitative estimate of drug-likeness (QED) is 0.853. The number of benzene rings is 1. The number of amides is 1. The van der Waals surface area contributed by atoms with Crippen LogP contribution in [0, 0.1) is 0 Å². The number of ether oxygens (including phenoxy) is 1. The Morgan fingerprint density at radius 1 is 1.23 bits per heavy atom. The van der Waals surface area contributed by atoms with E-state index in [1.165, 1.54) is 23.1 Å². The molecule has 1 aromatic carbocycles. The van der Waals surface area contributed by atoms with E-state index in [9.17, 15) is 26.4 Å². The van der Waals surface area contributed by atoms with E-state index in [0.717, 1.165) is 6.07 Å². The number of alkyl carbamates (subject to hydrolysis) is 1. The second kappa shape index (κ2) is 6.98. The van der Waals surface area contributed by atoms with Crippen molar-refractivity contribution >= 4 is 21.6 Å². The van der Waals surface area contributed by atoms with Gasteiger partial charge >= 0.3 is 11.6 Å². The van der Waals surface area contributed by atoms with E-state index >= 15 is 0 Å². The average Bonchev–Trinajstić information content (AvgIpc) is 2.92. The summed E-state index contributed by atoms with van der Waals surface area (Å²) >= 11 is 0. The van der Waals surface area contributed by atoms with Crippen molar-refractivity contribution in [3.05, 3.63) is 24.3 Å². The van der Waals surface area contributed by atoms with Crippen LogP contribution < -0.4 is 10.2 Å². The molecule has 0 aliphatic carbocycles. The van der Waals surface area contributed by atoms with Gasteiger partial charge in [-0.25, -0.2) is 13.2 Å². The van der Waals surface area contributed by atoms with Crippen LogP contribution >= 0.6 is 0 Å². The van der Waals surface area contributed by atoms with Crippen molar-refractivity contribution in [1.82, 2.24) is 5.32 Å². The van der Waals surface area contributed by atoms with Gasteiger partial charge in [0.15, 0.2) is 0 Å². The highest BCUT2D eigenvalue weighted by molar-refractivity contribution is 7.92. The molecule has 6 nitrogen and oxygen atoms in total. The number of anilines is 1. The molecule has 1 amide bonds. The van der Waals surface area contributed by atoms with Gasteiger partial charge in [0, 0.05) is 13.1 Å². The molecule has 1 aliphatic rings. The molecule has 1 atom stereocenters. The third-order valence-corrected chi connectivity index (χ3v) is 5.24. The van der Waals surface area contributed by atoms with Gasteiger partial charge < -0.3 is 15.0 Å². The van der Waals surface area contributed by atoms with Crippen molar-refractivity contribution in [2.24, 2.45) is 0 Å². The van der Waals surface area contributed by atoms with Gasteiger partial charge in [0.1, 0.15) is 5.60 Å². The topological polar surface area (TPSA) is 75.7 Å². The van der Waals surface area contributed by atoms with Gasteiger partial charge in [0.2, 0.25) is 0 Å². The predicted molar refractivity (Wildman–Crippen MR) is 89.7 cm³/mol. The van der Waals surface area contributed by atoms with Crippen molar-refractivity contribution in [1.29, 1.82) is 0 Å². The zero-order chi connectivity index (χ0) is 19.8. The first-order valence-corrected chi connectivity index (χ1v) is 9.44. The summed E-state index contributed by atoms with van der Waals surface area (Å²) < 4.78 is 67.5. The summed E-state index contributed by atoms with van der Waals surface area (Å²) in [6.07, 6.45) is -0.167. The Balaban J connectivity index is 2.16. The lowest BCUT2D eigenvalue weighted by Crippen LogP contribution is -2.40. The number of sulfone groups is 1. The van der Waals surface area contributed by atoms with E-state index in [4.69, 9.17) is 4.74 Å². The van der Waals surface area contributed by atoms with E-state index in [1.54, 1.807) is 20.8 Å². The minimum Gasteiger partial charge on any atom is -0.444 e. The fourth-order valence-electron chi connectivity index (χ4n) is 2.64. The molecule has 2 rings (SSSR count). The molecule has 0 spiro atoms. The summed E-state index contributed by atoms with van der Waals surface area (Å²) in [5.74, 6) is 0. The second-order valence-corrected chi connectivity index (χ2v) is 8.90. The third kappa shape index (κ3) is 4.60. The first kappa shape index (κ1) is 20.3. The lowest BCUT2D eigenvalue weighted by molar-refractivity contribution is -0.0435. The Kier molecular flexibility index (Phi) is 5.46. The van der Waals surface area contributed by atoms with Crippen molar-refractivity contribution in [2.75, 3.05) is 18.0 Å². The molecule has 1 heterocycles. The summed E-state index contributed by atoms with van der Waals surface area (Å²) in [6, 6.07) is 4.63. The van der Waals surface area contributed by atoms with E-state index < -0.39 is 31.9 Å². The normalized spacial score (nSPS) is 18.7.